The number of primary amides is 1. The van der Waals surface area contributed by atoms with Gasteiger partial charge in [0.25, 0.3) is 0 Å². The minimum atomic E-state index is -1.07. The van der Waals surface area contributed by atoms with Crippen molar-refractivity contribution in [3.63, 3.8) is 0 Å². The Bertz CT molecular complexity index is 388. The molecule has 4 N–H and O–H groups in total. The summed E-state index contributed by atoms with van der Waals surface area (Å²) in [4.78, 5) is 25.1. The van der Waals surface area contributed by atoms with Crippen molar-refractivity contribution >= 4 is 17.5 Å². The monoisotopic (exact) mass is 206 g/mol. The predicted octanol–water partition coefficient (Wildman–Crippen LogP) is -0.842. The lowest BCUT2D eigenvalue weighted by Crippen LogP contribution is -2.43. The Kier molecular flexibility index (Phi) is 3.39. The lowest BCUT2D eigenvalue weighted by atomic mass is 10.3. The van der Waals surface area contributed by atoms with Crippen LogP contribution in [-0.4, -0.2) is 16.8 Å². The van der Waals surface area contributed by atoms with Gasteiger partial charge in [-0.15, -0.1) is 0 Å². The topological polar surface area (TPSA) is 97.1 Å². The van der Waals surface area contributed by atoms with Crippen LogP contribution >= 0.6 is 0 Å². The molecule has 0 bridgehead atoms. The smallest absolute Gasteiger partial charge is 0.327 e. The van der Waals surface area contributed by atoms with E-state index in [2.05, 4.69) is 22.4 Å². The van der Waals surface area contributed by atoms with Crippen LogP contribution in [0.4, 0.5) is 0 Å². The average molecular weight is 206 g/mol. The molecule has 78 valence electrons. The van der Waals surface area contributed by atoms with Crippen molar-refractivity contribution in [2.24, 2.45) is 5.73 Å². The van der Waals surface area contributed by atoms with E-state index in [1.165, 1.54) is 0 Å². The fraction of sp³-hybridized carbons (Fsp3) is 0. The number of carbonyl (C=O) groups excluding carboxylic acids is 2. The third kappa shape index (κ3) is 3.11. The van der Waals surface area contributed by atoms with Gasteiger partial charge >= 0.3 is 11.8 Å². The first-order valence-electron chi connectivity index (χ1n) is 4.07. The minimum Gasteiger partial charge on any atom is -0.361 e. The fourth-order valence-electron chi connectivity index (χ4n) is 0.799. The Morgan fingerprint density at radius 2 is 2.07 bits per heavy atom. The molecule has 6 heteroatoms. The fourth-order valence-corrected chi connectivity index (χ4v) is 0.799. The lowest BCUT2D eigenvalue weighted by Gasteiger charge is -2.08. The van der Waals surface area contributed by atoms with Gasteiger partial charge in [0.15, 0.2) is 0 Å². The molecule has 1 heterocycles. The van der Waals surface area contributed by atoms with E-state index in [-0.39, 0.29) is 0 Å². The zero-order valence-electron chi connectivity index (χ0n) is 7.86. The zero-order valence-corrected chi connectivity index (χ0v) is 7.86. The molecule has 2 amide bonds. The molecule has 0 aliphatic carbocycles. The van der Waals surface area contributed by atoms with Gasteiger partial charge in [0.2, 0.25) is 0 Å². The number of amides is 2. The van der Waals surface area contributed by atoms with Crippen molar-refractivity contribution in [2.75, 3.05) is 0 Å². The molecular weight excluding hydrogens is 196 g/mol. The maximum Gasteiger partial charge on any atom is 0.327 e. The molecule has 0 aliphatic heterocycles. The molecule has 0 aliphatic rings. The highest BCUT2D eigenvalue weighted by Gasteiger charge is 2.07. The van der Waals surface area contributed by atoms with Crippen LogP contribution in [0.1, 0.15) is 5.69 Å². The molecule has 6 nitrogen and oxygen atoms in total. The molecule has 1 rings (SSSR count). The summed E-state index contributed by atoms with van der Waals surface area (Å²) < 4.78 is 0. The SMILES string of the molecule is C=C(NNC(=O)C(N)=O)c1ccccn1. The summed E-state index contributed by atoms with van der Waals surface area (Å²) in [5.74, 6) is -2.01. The molecule has 0 radical (unpaired) electrons. The van der Waals surface area contributed by atoms with E-state index in [4.69, 9.17) is 5.73 Å². The molecule has 15 heavy (non-hydrogen) atoms. The first-order valence-corrected chi connectivity index (χ1v) is 4.07. The largest absolute Gasteiger partial charge is 0.361 e. The summed E-state index contributed by atoms with van der Waals surface area (Å²) in [5, 5.41) is 0. The normalized spacial score (nSPS) is 9.07. The van der Waals surface area contributed by atoms with E-state index in [0.717, 1.165) is 0 Å². The summed E-state index contributed by atoms with van der Waals surface area (Å²) in [6.45, 7) is 3.62. The third-order valence-electron chi connectivity index (χ3n) is 1.52. The summed E-state index contributed by atoms with van der Waals surface area (Å²) in [7, 11) is 0. The van der Waals surface area contributed by atoms with Crippen LogP contribution in [0.2, 0.25) is 0 Å². The van der Waals surface area contributed by atoms with Gasteiger partial charge in [-0.25, -0.2) is 0 Å². The first kappa shape index (κ1) is 10.7. The quantitative estimate of drug-likeness (QED) is 0.443. The summed E-state index contributed by atoms with van der Waals surface area (Å²) in [5.41, 5.74) is 10.1. The van der Waals surface area contributed by atoms with Gasteiger partial charge in [-0.2, -0.15) is 0 Å². The minimum absolute atomic E-state index is 0.366. The van der Waals surface area contributed by atoms with Crippen molar-refractivity contribution in [1.82, 2.24) is 15.8 Å². The zero-order chi connectivity index (χ0) is 11.3. The van der Waals surface area contributed by atoms with Crippen molar-refractivity contribution in [1.29, 1.82) is 0 Å². The van der Waals surface area contributed by atoms with Gasteiger partial charge in [0.1, 0.15) is 0 Å². The van der Waals surface area contributed by atoms with Gasteiger partial charge < -0.3 is 5.73 Å². The number of nitrogens with two attached hydrogens (primary N) is 1. The highest BCUT2D eigenvalue weighted by molar-refractivity contribution is 6.34. The maximum atomic E-state index is 10.8. The number of rotatable bonds is 3. The van der Waals surface area contributed by atoms with Crippen molar-refractivity contribution in [3.8, 4) is 0 Å². The number of nitrogens with zero attached hydrogens (tertiary/aromatic N) is 1. The van der Waals surface area contributed by atoms with Gasteiger partial charge in [0, 0.05) is 6.20 Å². The van der Waals surface area contributed by atoms with Gasteiger partial charge in [-0.05, 0) is 12.1 Å². The summed E-state index contributed by atoms with van der Waals surface area (Å²) in [6, 6.07) is 5.22. The Balaban J connectivity index is 2.51. The highest BCUT2D eigenvalue weighted by Crippen LogP contribution is 2.02. The van der Waals surface area contributed by atoms with Crippen LogP contribution in [0, 0.1) is 0 Å². The van der Waals surface area contributed by atoms with Crippen LogP contribution in [0.25, 0.3) is 5.70 Å². The van der Waals surface area contributed by atoms with Crippen LogP contribution in [0.3, 0.4) is 0 Å². The first-order chi connectivity index (χ1) is 7.11. The number of hydrazine groups is 1. The molecule has 0 saturated carbocycles. The molecule has 0 spiro atoms. The summed E-state index contributed by atoms with van der Waals surface area (Å²) >= 11 is 0. The van der Waals surface area contributed by atoms with E-state index in [1.807, 2.05) is 0 Å². The molecule has 0 unspecified atom stereocenters. The van der Waals surface area contributed by atoms with Gasteiger partial charge in [-0.1, -0.05) is 12.6 Å². The number of carbonyl (C=O) groups is 2. The Hall–Kier alpha value is -2.37. The molecular formula is C9H10N4O2. The van der Waals surface area contributed by atoms with E-state index in [0.29, 0.717) is 11.4 Å². The number of aromatic nitrogens is 1. The van der Waals surface area contributed by atoms with E-state index >= 15 is 0 Å². The standard InChI is InChI=1S/C9H10N4O2/c1-6(7-4-2-3-5-11-7)12-13-9(15)8(10)14/h2-5,12H,1H2,(H2,10,14)(H,13,15). The van der Waals surface area contributed by atoms with Crippen molar-refractivity contribution in [3.05, 3.63) is 36.7 Å². The number of hydrogen-bond acceptors (Lipinski definition) is 4. The molecule has 0 saturated heterocycles. The molecule has 0 atom stereocenters. The second-order valence-corrected chi connectivity index (χ2v) is 2.64. The number of nitrogens with one attached hydrogen (secondary N) is 2. The number of hydrogen-bond donors (Lipinski definition) is 3. The van der Waals surface area contributed by atoms with E-state index in [1.54, 1.807) is 24.4 Å². The Morgan fingerprint density at radius 1 is 1.33 bits per heavy atom. The second kappa shape index (κ2) is 4.75. The average Bonchev–Trinajstić information content (AvgIpc) is 2.26. The van der Waals surface area contributed by atoms with Crippen LogP contribution < -0.4 is 16.6 Å². The molecule has 1 aromatic heterocycles. The Morgan fingerprint density at radius 3 is 2.60 bits per heavy atom. The van der Waals surface area contributed by atoms with E-state index < -0.39 is 11.8 Å². The molecule has 0 aromatic carbocycles. The van der Waals surface area contributed by atoms with Gasteiger partial charge in [-0.3, -0.25) is 25.4 Å². The maximum absolute atomic E-state index is 10.8. The van der Waals surface area contributed by atoms with Crippen molar-refractivity contribution in [2.45, 2.75) is 0 Å². The number of pyridine rings is 1. The Labute approximate surface area is 86.2 Å². The lowest BCUT2D eigenvalue weighted by molar-refractivity contribution is -0.137. The van der Waals surface area contributed by atoms with Crippen LogP contribution in [0.15, 0.2) is 31.0 Å². The van der Waals surface area contributed by atoms with Crippen LogP contribution in [0.5, 0.6) is 0 Å². The predicted molar refractivity (Wildman–Crippen MR) is 53.7 cm³/mol. The van der Waals surface area contributed by atoms with Gasteiger partial charge in [0.05, 0.1) is 11.4 Å². The van der Waals surface area contributed by atoms with E-state index in [9.17, 15) is 9.59 Å². The molecule has 0 fully saturated rings. The highest BCUT2D eigenvalue weighted by atomic mass is 16.2. The third-order valence-corrected chi connectivity index (χ3v) is 1.52. The van der Waals surface area contributed by atoms with Crippen LogP contribution in [-0.2, 0) is 9.59 Å². The summed E-state index contributed by atoms with van der Waals surface area (Å²) in [6.07, 6.45) is 1.58. The molecule has 1 aromatic rings. The van der Waals surface area contributed by atoms with Crippen molar-refractivity contribution < 1.29 is 9.59 Å². The second-order valence-electron chi connectivity index (χ2n) is 2.64.